The Kier molecular flexibility index (Phi) is 6.14. The Balaban J connectivity index is 1.86. The molecule has 2 amide bonds. The van der Waals surface area contributed by atoms with Gasteiger partial charge < -0.3 is 10.2 Å². The normalized spacial score (nSPS) is 21.9. The van der Waals surface area contributed by atoms with Crippen molar-refractivity contribution in [3.8, 4) is 0 Å². The molecule has 2 rings (SSSR count). The number of hydrogen-bond donors (Lipinski definition) is 1. The van der Waals surface area contributed by atoms with Crippen molar-refractivity contribution in [1.82, 2.24) is 10.2 Å². The van der Waals surface area contributed by atoms with Crippen LogP contribution in [0.3, 0.4) is 0 Å². The summed E-state index contributed by atoms with van der Waals surface area (Å²) in [6.07, 6.45) is 0.638. The van der Waals surface area contributed by atoms with E-state index in [4.69, 9.17) is 0 Å². The minimum absolute atomic E-state index is 0.0280. The first-order chi connectivity index (χ1) is 11.6. The Morgan fingerprint density at radius 2 is 2.00 bits per heavy atom. The second kappa shape index (κ2) is 7.77. The summed E-state index contributed by atoms with van der Waals surface area (Å²) in [4.78, 5) is 27.2. The van der Waals surface area contributed by atoms with Gasteiger partial charge in [-0.05, 0) is 39.3 Å². The van der Waals surface area contributed by atoms with Crippen LogP contribution in [0.5, 0.6) is 0 Å². The van der Waals surface area contributed by atoms with Gasteiger partial charge in [-0.1, -0.05) is 25.1 Å². The molecule has 0 radical (unpaired) electrons. The van der Waals surface area contributed by atoms with E-state index in [0.29, 0.717) is 25.3 Å². The lowest BCUT2D eigenvalue weighted by Gasteiger charge is -2.29. The fourth-order valence-corrected chi connectivity index (χ4v) is 3.79. The van der Waals surface area contributed by atoms with Crippen LogP contribution in [0, 0.1) is 5.92 Å². The lowest BCUT2D eigenvalue weighted by molar-refractivity contribution is -0.141. The molecule has 0 bridgehead atoms. The summed E-state index contributed by atoms with van der Waals surface area (Å²) < 4.78 is 13.9. The van der Waals surface area contributed by atoms with E-state index >= 15 is 0 Å². The molecule has 1 fully saturated rings. The number of likely N-dealkylation sites (tertiary alicyclic amines) is 1. The van der Waals surface area contributed by atoms with Crippen LogP contribution in [-0.4, -0.2) is 46.8 Å². The molecule has 138 valence electrons. The van der Waals surface area contributed by atoms with Gasteiger partial charge in [-0.15, -0.1) is 11.8 Å². The molecule has 25 heavy (non-hydrogen) atoms. The maximum atomic E-state index is 13.9. The third kappa shape index (κ3) is 5.46. The van der Waals surface area contributed by atoms with Gasteiger partial charge in [-0.3, -0.25) is 9.59 Å². The first kappa shape index (κ1) is 19.8. The van der Waals surface area contributed by atoms with E-state index in [-0.39, 0.29) is 11.8 Å². The summed E-state index contributed by atoms with van der Waals surface area (Å²) in [7, 11) is 0. The maximum Gasteiger partial charge on any atom is 0.259 e. The number of carbonyl (C=O) groups is 2. The lowest BCUT2D eigenvalue weighted by atomic mass is 10.0. The largest absolute Gasteiger partial charge is 0.349 e. The van der Waals surface area contributed by atoms with E-state index in [2.05, 4.69) is 5.32 Å². The Bertz CT molecular complexity index is 618. The van der Waals surface area contributed by atoms with E-state index in [1.807, 2.05) is 44.2 Å². The summed E-state index contributed by atoms with van der Waals surface area (Å²) in [5.74, 6) is -0.00573. The third-order valence-electron chi connectivity index (χ3n) is 4.38. The number of benzene rings is 1. The van der Waals surface area contributed by atoms with Crippen LogP contribution in [0.25, 0.3) is 0 Å². The van der Waals surface area contributed by atoms with Crippen LogP contribution in [0.15, 0.2) is 35.2 Å². The monoisotopic (exact) mass is 366 g/mol. The van der Waals surface area contributed by atoms with Gasteiger partial charge in [0.25, 0.3) is 5.91 Å². The minimum atomic E-state index is -1.88. The fourth-order valence-electron chi connectivity index (χ4n) is 2.85. The average Bonchev–Trinajstić information content (AvgIpc) is 2.93. The molecule has 4 nitrogen and oxygen atoms in total. The quantitative estimate of drug-likeness (QED) is 0.786. The van der Waals surface area contributed by atoms with Crippen molar-refractivity contribution in [2.24, 2.45) is 5.92 Å². The molecule has 0 spiro atoms. The number of halogens is 1. The Morgan fingerprint density at radius 3 is 2.60 bits per heavy atom. The topological polar surface area (TPSA) is 49.4 Å². The number of alkyl halides is 1. The van der Waals surface area contributed by atoms with Crippen LogP contribution in [-0.2, 0) is 9.59 Å². The second-order valence-corrected chi connectivity index (χ2v) is 8.62. The molecule has 1 aliphatic heterocycles. The summed E-state index contributed by atoms with van der Waals surface area (Å²) in [6.45, 7) is 7.18. The molecular formula is C19H27FN2O2S. The number of nitrogens with one attached hydrogen (secondary N) is 1. The predicted molar refractivity (Wildman–Crippen MR) is 99.3 cm³/mol. The molecule has 1 saturated heterocycles. The molecule has 6 heteroatoms. The summed E-state index contributed by atoms with van der Waals surface area (Å²) in [5, 5.41) is 3.06. The summed E-state index contributed by atoms with van der Waals surface area (Å²) in [6, 6.07) is 9.97. The first-order valence-corrected chi connectivity index (χ1v) is 9.57. The van der Waals surface area contributed by atoms with E-state index in [0.717, 1.165) is 4.90 Å². The number of carbonyl (C=O) groups excluding carboxylic acids is 2. The smallest absolute Gasteiger partial charge is 0.259 e. The third-order valence-corrected chi connectivity index (χ3v) is 5.66. The number of nitrogens with zero attached hydrogens (tertiary/aromatic N) is 1. The SMILES string of the molecule is CC(CSc1ccccc1)C(=O)NC1(C)CCN(C(=O)C(C)(C)F)C1. The summed E-state index contributed by atoms with van der Waals surface area (Å²) in [5.41, 5.74) is -2.38. The number of rotatable bonds is 6. The standard InChI is InChI=1S/C19H27FN2O2S/c1-14(12-25-15-8-6-5-7-9-15)16(23)21-19(4)10-11-22(13-19)17(24)18(2,3)20/h5-9,14H,10-13H2,1-4H3,(H,21,23). The van der Waals surface area contributed by atoms with E-state index in [1.54, 1.807) is 11.8 Å². The van der Waals surface area contributed by atoms with Crippen molar-refractivity contribution >= 4 is 23.6 Å². The van der Waals surface area contributed by atoms with Gasteiger partial charge in [-0.2, -0.15) is 0 Å². The number of hydrogen-bond acceptors (Lipinski definition) is 3. The predicted octanol–water partition coefficient (Wildman–Crippen LogP) is 3.27. The molecule has 0 aromatic heterocycles. The van der Waals surface area contributed by atoms with E-state index in [9.17, 15) is 14.0 Å². The van der Waals surface area contributed by atoms with Crippen molar-refractivity contribution < 1.29 is 14.0 Å². The first-order valence-electron chi connectivity index (χ1n) is 8.59. The van der Waals surface area contributed by atoms with Crippen molar-refractivity contribution in [3.63, 3.8) is 0 Å². The highest BCUT2D eigenvalue weighted by Crippen LogP contribution is 2.26. The van der Waals surface area contributed by atoms with Crippen LogP contribution < -0.4 is 5.32 Å². The maximum absolute atomic E-state index is 13.9. The second-order valence-electron chi connectivity index (χ2n) is 7.52. The Labute approximate surface area is 153 Å². The summed E-state index contributed by atoms with van der Waals surface area (Å²) >= 11 is 1.65. The van der Waals surface area contributed by atoms with Crippen molar-refractivity contribution in [3.05, 3.63) is 30.3 Å². The average molecular weight is 367 g/mol. The molecule has 1 aromatic rings. The van der Waals surface area contributed by atoms with Crippen LogP contribution >= 0.6 is 11.8 Å². The Morgan fingerprint density at radius 1 is 1.36 bits per heavy atom. The van der Waals surface area contributed by atoms with Gasteiger partial charge in [0.05, 0.1) is 5.54 Å². The van der Waals surface area contributed by atoms with Gasteiger partial charge in [-0.25, -0.2) is 4.39 Å². The van der Waals surface area contributed by atoms with Gasteiger partial charge in [0, 0.05) is 29.7 Å². The molecule has 1 heterocycles. The Hall–Kier alpha value is -1.56. The van der Waals surface area contributed by atoms with Gasteiger partial charge in [0.15, 0.2) is 5.67 Å². The molecule has 2 unspecified atom stereocenters. The number of thioether (sulfide) groups is 1. The minimum Gasteiger partial charge on any atom is -0.349 e. The highest BCUT2D eigenvalue weighted by atomic mass is 32.2. The van der Waals surface area contributed by atoms with Crippen LogP contribution in [0.4, 0.5) is 4.39 Å². The highest BCUT2D eigenvalue weighted by molar-refractivity contribution is 7.99. The zero-order valence-electron chi connectivity index (χ0n) is 15.3. The van der Waals surface area contributed by atoms with Gasteiger partial charge in [0.2, 0.25) is 5.91 Å². The van der Waals surface area contributed by atoms with Crippen LogP contribution in [0.1, 0.15) is 34.1 Å². The van der Waals surface area contributed by atoms with Gasteiger partial charge >= 0.3 is 0 Å². The van der Waals surface area contributed by atoms with Crippen molar-refractivity contribution in [1.29, 1.82) is 0 Å². The van der Waals surface area contributed by atoms with E-state index in [1.165, 1.54) is 18.7 Å². The molecule has 1 aliphatic rings. The molecule has 1 aromatic carbocycles. The molecule has 2 atom stereocenters. The van der Waals surface area contributed by atoms with E-state index < -0.39 is 17.1 Å². The molecule has 0 saturated carbocycles. The molecule has 1 N–H and O–H groups in total. The highest BCUT2D eigenvalue weighted by Gasteiger charge is 2.42. The fraction of sp³-hybridized carbons (Fsp3) is 0.579. The molecule has 0 aliphatic carbocycles. The number of amides is 2. The van der Waals surface area contributed by atoms with Crippen molar-refractivity contribution in [2.45, 2.75) is 50.2 Å². The molecular weight excluding hydrogens is 339 g/mol. The lowest BCUT2D eigenvalue weighted by Crippen LogP contribution is -2.51. The van der Waals surface area contributed by atoms with Crippen LogP contribution in [0.2, 0.25) is 0 Å². The van der Waals surface area contributed by atoms with Gasteiger partial charge in [0.1, 0.15) is 0 Å². The zero-order chi connectivity index (χ0) is 18.7. The zero-order valence-corrected chi connectivity index (χ0v) is 16.2. The van der Waals surface area contributed by atoms with Crippen molar-refractivity contribution in [2.75, 3.05) is 18.8 Å².